The number of rotatable bonds is 4. The van der Waals surface area contributed by atoms with Gasteiger partial charge in [-0.05, 0) is 24.1 Å². The lowest BCUT2D eigenvalue weighted by Crippen LogP contribution is -2.44. The third-order valence-electron chi connectivity index (χ3n) is 3.63. The smallest absolute Gasteiger partial charge is 0.243 e. The number of aliphatic hydroxyl groups is 1. The zero-order chi connectivity index (χ0) is 14.0. The third-order valence-corrected chi connectivity index (χ3v) is 5.52. The Morgan fingerprint density at radius 3 is 2.42 bits per heavy atom. The third kappa shape index (κ3) is 2.81. The van der Waals surface area contributed by atoms with Gasteiger partial charge in [-0.15, -0.1) is 0 Å². The molecule has 0 unspecified atom stereocenters. The normalized spacial score (nSPS) is 24.0. The number of likely N-dealkylation sites (N-methyl/N-ethyl adjacent to an activating group) is 1. The molecule has 5 nitrogen and oxygen atoms in total. The van der Waals surface area contributed by atoms with E-state index in [1.54, 1.807) is 12.1 Å². The van der Waals surface area contributed by atoms with Crippen LogP contribution in [0.15, 0.2) is 29.2 Å². The van der Waals surface area contributed by atoms with Crippen LogP contribution in [0.1, 0.15) is 12.5 Å². The first-order chi connectivity index (χ1) is 8.96. The molecule has 0 aliphatic carbocycles. The fraction of sp³-hybridized carbons (Fsp3) is 0.538. The first-order valence-corrected chi connectivity index (χ1v) is 7.86. The Labute approximate surface area is 114 Å². The van der Waals surface area contributed by atoms with Crippen LogP contribution in [0, 0.1) is 0 Å². The number of β-amino-alcohol motifs (C(OH)–C–C–N with tert-alkyl or cyclic N) is 1. The van der Waals surface area contributed by atoms with Crippen molar-refractivity contribution >= 4 is 10.0 Å². The van der Waals surface area contributed by atoms with Gasteiger partial charge in [0.15, 0.2) is 0 Å². The van der Waals surface area contributed by atoms with Crippen molar-refractivity contribution in [3.8, 4) is 0 Å². The lowest BCUT2D eigenvalue weighted by atomic mass is 10.2. The molecule has 1 saturated heterocycles. The minimum absolute atomic E-state index is 0.270. The Bertz CT molecular complexity index is 527. The van der Waals surface area contributed by atoms with Crippen LogP contribution in [0.4, 0.5) is 0 Å². The summed E-state index contributed by atoms with van der Waals surface area (Å²) in [6.07, 6.45) is 0.219. The van der Waals surface area contributed by atoms with Gasteiger partial charge in [-0.25, -0.2) is 8.42 Å². The van der Waals surface area contributed by atoms with Gasteiger partial charge in [-0.3, -0.25) is 0 Å². The van der Waals surface area contributed by atoms with Crippen LogP contribution in [0.3, 0.4) is 0 Å². The second-order valence-corrected chi connectivity index (χ2v) is 6.81. The lowest BCUT2D eigenvalue weighted by molar-refractivity contribution is 0.136. The van der Waals surface area contributed by atoms with Crippen molar-refractivity contribution in [2.24, 2.45) is 0 Å². The van der Waals surface area contributed by atoms with Gasteiger partial charge >= 0.3 is 0 Å². The molecule has 1 fully saturated rings. The number of aliphatic hydroxyl groups excluding tert-OH is 1. The van der Waals surface area contributed by atoms with Crippen LogP contribution in [0.25, 0.3) is 0 Å². The van der Waals surface area contributed by atoms with Crippen molar-refractivity contribution in [1.82, 2.24) is 9.62 Å². The van der Waals surface area contributed by atoms with Gasteiger partial charge in [0.1, 0.15) is 0 Å². The van der Waals surface area contributed by atoms with Gasteiger partial charge in [-0.1, -0.05) is 19.1 Å². The summed E-state index contributed by atoms with van der Waals surface area (Å²) in [7, 11) is -2.03. The monoisotopic (exact) mass is 284 g/mol. The fourth-order valence-electron chi connectivity index (χ4n) is 2.26. The minimum atomic E-state index is -3.55. The lowest BCUT2D eigenvalue weighted by Gasteiger charge is -2.25. The quantitative estimate of drug-likeness (QED) is 0.829. The van der Waals surface area contributed by atoms with Crippen LogP contribution in [0.2, 0.25) is 0 Å². The van der Waals surface area contributed by atoms with Crippen molar-refractivity contribution in [3.05, 3.63) is 29.8 Å². The fourth-order valence-corrected chi connectivity index (χ4v) is 3.65. The van der Waals surface area contributed by atoms with Gasteiger partial charge in [0.05, 0.1) is 17.0 Å². The van der Waals surface area contributed by atoms with Gasteiger partial charge < -0.3 is 10.4 Å². The average molecular weight is 284 g/mol. The Morgan fingerprint density at radius 1 is 1.32 bits per heavy atom. The predicted molar refractivity (Wildman–Crippen MR) is 73.4 cm³/mol. The molecule has 2 atom stereocenters. The van der Waals surface area contributed by atoms with E-state index >= 15 is 0 Å². The van der Waals surface area contributed by atoms with E-state index in [1.807, 2.05) is 19.1 Å². The topological polar surface area (TPSA) is 69.6 Å². The van der Waals surface area contributed by atoms with E-state index in [0.717, 1.165) is 12.0 Å². The molecule has 0 radical (unpaired) electrons. The predicted octanol–water partition coefficient (Wildman–Crippen LogP) is 0.202. The highest BCUT2D eigenvalue weighted by Gasteiger charge is 2.35. The molecule has 1 aromatic rings. The second kappa shape index (κ2) is 5.58. The molecule has 2 rings (SSSR count). The maximum atomic E-state index is 12.5. The van der Waals surface area contributed by atoms with Crippen LogP contribution in [0.5, 0.6) is 0 Å². The summed E-state index contributed by atoms with van der Waals surface area (Å²) >= 11 is 0. The molecule has 0 amide bonds. The maximum Gasteiger partial charge on any atom is 0.243 e. The molecule has 1 aliphatic heterocycles. The second-order valence-electron chi connectivity index (χ2n) is 4.81. The van der Waals surface area contributed by atoms with E-state index in [4.69, 9.17) is 0 Å². The van der Waals surface area contributed by atoms with Gasteiger partial charge in [-0.2, -0.15) is 4.31 Å². The molecule has 6 heteroatoms. The number of hydrogen-bond donors (Lipinski definition) is 2. The largest absolute Gasteiger partial charge is 0.390 e. The summed E-state index contributed by atoms with van der Waals surface area (Å²) in [5.74, 6) is 0. The SMILES string of the molecule is CCc1ccc(S(=O)(=O)N(C)[C@H]2CNC[C@@H]2O)cc1. The molecule has 1 aliphatic rings. The van der Waals surface area contributed by atoms with Crippen LogP contribution >= 0.6 is 0 Å². The molecule has 0 aromatic heterocycles. The van der Waals surface area contributed by atoms with Crippen molar-refractivity contribution in [2.75, 3.05) is 20.1 Å². The van der Waals surface area contributed by atoms with Gasteiger partial charge in [0, 0.05) is 20.1 Å². The number of sulfonamides is 1. The van der Waals surface area contributed by atoms with Crippen LogP contribution in [-0.2, 0) is 16.4 Å². The summed E-state index contributed by atoms with van der Waals surface area (Å²) in [5, 5.41) is 12.8. The highest BCUT2D eigenvalue weighted by atomic mass is 32.2. The van der Waals surface area contributed by atoms with E-state index in [-0.39, 0.29) is 4.90 Å². The molecular formula is C13H20N2O3S. The number of benzene rings is 1. The molecule has 1 aromatic carbocycles. The van der Waals surface area contributed by atoms with E-state index < -0.39 is 22.2 Å². The summed E-state index contributed by atoms with van der Waals surface area (Å²) in [6, 6.07) is 6.49. The number of nitrogens with zero attached hydrogens (tertiary/aromatic N) is 1. The van der Waals surface area contributed by atoms with E-state index in [1.165, 1.54) is 11.4 Å². The van der Waals surface area contributed by atoms with Gasteiger partial charge in [0.25, 0.3) is 0 Å². The maximum absolute atomic E-state index is 12.5. The molecule has 0 saturated carbocycles. The van der Waals surface area contributed by atoms with Crippen LogP contribution in [-0.4, -0.2) is 50.1 Å². The zero-order valence-electron chi connectivity index (χ0n) is 11.2. The van der Waals surface area contributed by atoms with E-state index in [0.29, 0.717) is 13.1 Å². The Morgan fingerprint density at radius 2 is 1.95 bits per heavy atom. The number of nitrogens with one attached hydrogen (secondary N) is 1. The summed E-state index contributed by atoms with van der Waals surface area (Å²) < 4.78 is 26.2. The summed E-state index contributed by atoms with van der Waals surface area (Å²) in [4.78, 5) is 0.270. The highest BCUT2D eigenvalue weighted by Crippen LogP contribution is 2.20. The van der Waals surface area contributed by atoms with E-state index in [9.17, 15) is 13.5 Å². The zero-order valence-corrected chi connectivity index (χ0v) is 12.0. The average Bonchev–Trinajstić information content (AvgIpc) is 2.84. The van der Waals surface area contributed by atoms with Crippen molar-refractivity contribution in [3.63, 3.8) is 0 Å². The number of aryl methyl sites for hydroxylation is 1. The summed E-state index contributed by atoms with van der Waals surface area (Å²) in [5.41, 5.74) is 1.10. The van der Waals surface area contributed by atoms with Crippen molar-refractivity contribution in [1.29, 1.82) is 0 Å². The molecule has 2 N–H and O–H groups in total. The van der Waals surface area contributed by atoms with Crippen LogP contribution < -0.4 is 5.32 Å². The van der Waals surface area contributed by atoms with Crippen molar-refractivity contribution < 1.29 is 13.5 Å². The molecular weight excluding hydrogens is 264 g/mol. The van der Waals surface area contributed by atoms with Gasteiger partial charge in [0.2, 0.25) is 10.0 Å². The summed E-state index contributed by atoms with van der Waals surface area (Å²) in [6.45, 7) is 2.93. The Hall–Kier alpha value is -0.950. The molecule has 0 spiro atoms. The van der Waals surface area contributed by atoms with Crippen molar-refractivity contribution in [2.45, 2.75) is 30.4 Å². The Kier molecular flexibility index (Phi) is 4.25. The molecule has 0 bridgehead atoms. The highest BCUT2D eigenvalue weighted by molar-refractivity contribution is 7.89. The first kappa shape index (κ1) is 14.5. The standard InChI is InChI=1S/C13H20N2O3S/c1-3-10-4-6-11(7-5-10)19(17,18)15(2)12-8-14-9-13(12)16/h4-7,12-14,16H,3,8-9H2,1-2H3/t12-,13-/m0/s1. The minimum Gasteiger partial charge on any atom is -0.390 e. The molecule has 1 heterocycles. The molecule has 19 heavy (non-hydrogen) atoms. The van der Waals surface area contributed by atoms with E-state index in [2.05, 4.69) is 5.32 Å². The Balaban J connectivity index is 2.25. The molecule has 106 valence electrons. The number of hydrogen-bond acceptors (Lipinski definition) is 4. The first-order valence-electron chi connectivity index (χ1n) is 6.42.